The highest BCUT2D eigenvalue weighted by atomic mass is 32.2. The topological polar surface area (TPSA) is 49.4 Å². The van der Waals surface area contributed by atoms with Crippen molar-refractivity contribution in [3.63, 3.8) is 0 Å². The van der Waals surface area contributed by atoms with Crippen molar-refractivity contribution in [1.82, 2.24) is 10.2 Å². The first-order valence-corrected chi connectivity index (χ1v) is 7.37. The maximum atomic E-state index is 12.2. The van der Waals surface area contributed by atoms with Crippen LogP contribution in [0.3, 0.4) is 0 Å². The molecule has 1 fully saturated rings. The molecule has 0 aromatic carbocycles. The Labute approximate surface area is 108 Å². The Bertz CT molecular complexity index is 294. The summed E-state index contributed by atoms with van der Waals surface area (Å²) in [4.78, 5) is 25.8. The zero-order valence-corrected chi connectivity index (χ0v) is 11.8. The molecule has 1 aliphatic heterocycles. The van der Waals surface area contributed by atoms with Gasteiger partial charge in [-0.05, 0) is 25.5 Å². The molecule has 0 unspecified atom stereocenters. The van der Waals surface area contributed by atoms with Crippen molar-refractivity contribution < 1.29 is 9.59 Å². The Hall–Kier alpha value is -0.710. The lowest BCUT2D eigenvalue weighted by Gasteiger charge is -2.37. The van der Waals surface area contributed by atoms with E-state index in [4.69, 9.17) is 0 Å². The molecular formula is C12H22N2O2S. The van der Waals surface area contributed by atoms with Crippen molar-refractivity contribution in [1.29, 1.82) is 0 Å². The second-order valence-corrected chi connectivity index (χ2v) is 6.02. The number of nitrogens with zero attached hydrogens (tertiary/aromatic N) is 1. The van der Waals surface area contributed by atoms with Gasteiger partial charge in [0.15, 0.2) is 0 Å². The molecule has 0 aliphatic carbocycles. The van der Waals surface area contributed by atoms with Gasteiger partial charge in [0.2, 0.25) is 11.8 Å². The molecule has 0 spiro atoms. The maximum absolute atomic E-state index is 12.2. The van der Waals surface area contributed by atoms with E-state index in [9.17, 15) is 9.59 Å². The molecule has 0 aromatic heterocycles. The zero-order chi connectivity index (χ0) is 13.0. The second-order valence-electron chi connectivity index (χ2n) is 4.85. The van der Waals surface area contributed by atoms with Crippen LogP contribution in [-0.4, -0.2) is 47.4 Å². The summed E-state index contributed by atoms with van der Waals surface area (Å²) in [5.74, 6) is 0.480. The van der Waals surface area contributed by atoms with E-state index in [0.29, 0.717) is 19.0 Å². The summed E-state index contributed by atoms with van der Waals surface area (Å²) >= 11 is 1.53. The van der Waals surface area contributed by atoms with E-state index in [2.05, 4.69) is 19.2 Å². The van der Waals surface area contributed by atoms with E-state index >= 15 is 0 Å². The van der Waals surface area contributed by atoms with Crippen LogP contribution >= 0.6 is 11.8 Å². The Balaban J connectivity index is 2.78. The quantitative estimate of drug-likeness (QED) is 0.822. The molecule has 4 nitrogen and oxygen atoms in total. The monoisotopic (exact) mass is 258 g/mol. The summed E-state index contributed by atoms with van der Waals surface area (Å²) in [5.41, 5.74) is 0. The lowest BCUT2D eigenvalue weighted by atomic mass is 10.00. The highest BCUT2D eigenvalue weighted by Gasteiger charge is 2.34. The minimum absolute atomic E-state index is 0.00777. The number of hydrogen-bond acceptors (Lipinski definition) is 3. The van der Waals surface area contributed by atoms with Crippen LogP contribution in [0.1, 0.15) is 27.2 Å². The molecule has 2 atom stereocenters. The molecule has 0 saturated carbocycles. The fourth-order valence-corrected chi connectivity index (χ4v) is 2.33. The van der Waals surface area contributed by atoms with E-state index in [1.165, 1.54) is 11.8 Å². The molecule has 0 aromatic rings. The molecule has 1 aliphatic rings. The van der Waals surface area contributed by atoms with Crippen molar-refractivity contribution >= 4 is 23.6 Å². The lowest BCUT2D eigenvalue weighted by Crippen LogP contribution is -2.58. The van der Waals surface area contributed by atoms with Crippen molar-refractivity contribution in [2.24, 2.45) is 5.92 Å². The van der Waals surface area contributed by atoms with Gasteiger partial charge in [-0.1, -0.05) is 13.8 Å². The third-order valence-electron chi connectivity index (χ3n) is 3.01. The maximum Gasteiger partial charge on any atom is 0.242 e. The van der Waals surface area contributed by atoms with Crippen LogP contribution in [0.2, 0.25) is 0 Å². The van der Waals surface area contributed by atoms with Gasteiger partial charge < -0.3 is 10.2 Å². The number of hydrogen-bond donors (Lipinski definition) is 1. The molecule has 0 radical (unpaired) electrons. The second kappa shape index (κ2) is 6.28. The van der Waals surface area contributed by atoms with Crippen LogP contribution in [0.25, 0.3) is 0 Å². The van der Waals surface area contributed by atoms with Gasteiger partial charge in [0, 0.05) is 13.1 Å². The molecule has 1 rings (SSSR count). The number of carbonyl (C=O) groups excluding carboxylic acids is 2. The van der Waals surface area contributed by atoms with E-state index in [-0.39, 0.29) is 23.1 Å². The number of carbonyl (C=O) groups is 2. The van der Waals surface area contributed by atoms with Gasteiger partial charge in [-0.3, -0.25) is 9.59 Å². The van der Waals surface area contributed by atoms with Crippen molar-refractivity contribution in [2.45, 2.75) is 38.5 Å². The predicted molar refractivity (Wildman–Crippen MR) is 70.9 cm³/mol. The van der Waals surface area contributed by atoms with Gasteiger partial charge in [0.1, 0.15) is 6.04 Å². The van der Waals surface area contributed by atoms with E-state index < -0.39 is 0 Å². The van der Waals surface area contributed by atoms with Crippen molar-refractivity contribution in [3.05, 3.63) is 0 Å². The van der Waals surface area contributed by atoms with Gasteiger partial charge in [-0.15, -0.1) is 0 Å². The van der Waals surface area contributed by atoms with Gasteiger partial charge in [0.25, 0.3) is 0 Å². The van der Waals surface area contributed by atoms with Crippen LogP contribution in [0.5, 0.6) is 0 Å². The summed E-state index contributed by atoms with van der Waals surface area (Å²) in [6.07, 6.45) is 2.66. The van der Waals surface area contributed by atoms with Gasteiger partial charge in [-0.25, -0.2) is 0 Å². The molecule has 17 heavy (non-hydrogen) atoms. The number of nitrogens with one attached hydrogen (secondary N) is 1. The first-order valence-electron chi connectivity index (χ1n) is 6.08. The largest absolute Gasteiger partial charge is 0.353 e. The van der Waals surface area contributed by atoms with Crippen molar-refractivity contribution in [2.75, 3.05) is 19.3 Å². The molecule has 2 amide bonds. The van der Waals surface area contributed by atoms with E-state index in [1.807, 2.05) is 13.2 Å². The summed E-state index contributed by atoms with van der Waals surface area (Å²) in [6.45, 7) is 7.24. The highest BCUT2D eigenvalue weighted by molar-refractivity contribution is 7.99. The predicted octanol–water partition coefficient (Wildman–Crippen LogP) is 1.11. The normalized spacial score (nSPS) is 22.5. The Morgan fingerprint density at radius 3 is 2.71 bits per heavy atom. The molecule has 1 N–H and O–H groups in total. The minimum Gasteiger partial charge on any atom is -0.353 e. The Morgan fingerprint density at radius 2 is 2.18 bits per heavy atom. The Kier molecular flexibility index (Phi) is 5.31. The minimum atomic E-state index is -0.286. The van der Waals surface area contributed by atoms with Crippen LogP contribution in [0.4, 0.5) is 0 Å². The number of amides is 2. The molecular weight excluding hydrogens is 236 g/mol. The third-order valence-corrected chi connectivity index (χ3v) is 3.92. The van der Waals surface area contributed by atoms with Crippen LogP contribution in [-0.2, 0) is 9.59 Å². The van der Waals surface area contributed by atoms with Crippen LogP contribution in [0.15, 0.2) is 0 Å². The molecule has 98 valence electrons. The summed E-state index contributed by atoms with van der Waals surface area (Å²) in [5, 5.41) is 2.77. The van der Waals surface area contributed by atoms with Gasteiger partial charge >= 0.3 is 0 Å². The smallest absolute Gasteiger partial charge is 0.242 e. The Morgan fingerprint density at radius 1 is 1.53 bits per heavy atom. The van der Waals surface area contributed by atoms with Gasteiger partial charge in [-0.2, -0.15) is 11.8 Å². The fourth-order valence-electron chi connectivity index (χ4n) is 1.99. The van der Waals surface area contributed by atoms with Crippen molar-refractivity contribution in [3.8, 4) is 0 Å². The average Bonchev–Trinajstić information content (AvgIpc) is 2.29. The summed E-state index contributed by atoms with van der Waals surface area (Å²) in [6, 6.07) is -0.286. The van der Waals surface area contributed by atoms with E-state index in [0.717, 1.165) is 6.42 Å². The first kappa shape index (κ1) is 14.4. The number of thioether (sulfide) groups is 1. The average molecular weight is 258 g/mol. The highest BCUT2D eigenvalue weighted by Crippen LogP contribution is 2.18. The van der Waals surface area contributed by atoms with Gasteiger partial charge in [0.05, 0.1) is 5.25 Å². The third kappa shape index (κ3) is 3.63. The molecule has 0 bridgehead atoms. The standard InChI is InChI=1S/C12H22N2O2S/c1-8(2)7-10-11(15)13-5-6-14(10)12(16)9(3)17-4/h8-10H,5-7H2,1-4H3,(H,13,15)/t9-,10-/m0/s1. The number of rotatable bonds is 4. The fraction of sp³-hybridized carbons (Fsp3) is 0.833. The zero-order valence-electron chi connectivity index (χ0n) is 11.0. The summed E-state index contributed by atoms with van der Waals surface area (Å²) < 4.78 is 0. The van der Waals surface area contributed by atoms with Crippen LogP contribution < -0.4 is 5.32 Å². The SMILES string of the molecule is CS[C@@H](C)C(=O)N1CCNC(=O)[C@@H]1CC(C)C. The first-order chi connectivity index (χ1) is 7.97. The molecule has 1 heterocycles. The number of piperazine rings is 1. The molecule has 5 heteroatoms. The molecule has 1 saturated heterocycles. The lowest BCUT2D eigenvalue weighted by molar-refractivity contribution is -0.143. The summed E-state index contributed by atoms with van der Waals surface area (Å²) in [7, 11) is 0. The van der Waals surface area contributed by atoms with E-state index in [1.54, 1.807) is 4.90 Å². The van der Waals surface area contributed by atoms with Crippen LogP contribution in [0, 0.1) is 5.92 Å².